The molecule has 0 amide bonds. The zero-order valence-electron chi connectivity index (χ0n) is 23.1. The van der Waals surface area contributed by atoms with Crippen molar-refractivity contribution in [2.45, 2.75) is 32.6 Å². The first-order chi connectivity index (χ1) is 19.9. The number of nitrogens with two attached hydrogens (primary N) is 1. The lowest BCUT2D eigenvalue weighted by Gasteiger charge is -2.17. The molecule has 3 heterocycles. The summed E-state index contributed by atoms with van der Waals surface area (Å²) in [6.07, 6.45) is 12.7. The molecule has 0 aliphatic heterocycles. The van der Waals surface area contributed by atoms with Crippen molar-refractivity contribution in [1.82, 2.24) is 25.5 Å². The zero-order valence-corrected chi connectivity index (χ0v) is 23.1. The maximum atomic E-state index is 14.1. The molecule has 0 atom stereocenters. The van der Waals surface area contributed by atoms with E-state index >= 15 is 0 Å². The van der Waals surface area contributed by atoms with Gasteiger partial charge < -0.3 is 16.0 Å². The molecule has 5 N–H and O–H groups in total. The topological polar surface area (TPSA) is 95.4 Å². The highest BCUT2D eigenvalue weighted by Gasteiger charge is 2.19. The van der Waals surface area contributed by atoms with Crippen molar-refractivity contribution in [2.24, 2.45) is 5.92 Å². The second-order valence-electron chi connectivity index (χ2n) is 10.6. The molecule has 0 bridgehead atoms. The minimum absolute atomic E-state index is 0.354. The normalized spacial score (nSPS) is 14.7. The standard InChI is InChI=1S/C34H33FN6/c1-4-21(16-27(5-2)38-20(3)22-8-6-7-9-22)23-10-11-31-28(17-23)34(41-40-31)32-19-29-30(39-32)12-13-37-33(29)24-14-25(35)18-26(36)15-24/h4-5,10-19,22,38-39H,2-3,6-9,36H2,1H3,(H,40,41)/b21-4+,27-16+. The third kappa shape index (κ3) is 5.18. The fourth-order valence-corrected chi connectivity index (χ4v) is 5.77. The van der Waals surface area contributed by atoms with Crippen molar-refractivity contribution in [3.8, 4) is 22.6 Å². The van der Waals surface area contributed by atoms with Crippen LogP contribution in [-0.2, 0) is 0 Å². The molecule has 1 fully saturated rings. The largest absolute Gasteiger partial charge is 0.399 e. The van der Waals surface area contributed by atoms with E-state index < -0.39 is 5.82 Å². The van der Waals surface area contributed by atoms with Crippen LogP contribution in [0.4, 0.5) is 10.1 Å². The van der Waals surface area contributed by atoms with Crippen LogP contribution in [0.2, 0.25) is 0 Å². The van der Waals surface area contributed by atoms with Gasteiger partial charge in [-0.15, -0.1) is 0 Å². The van der Waals surface area contributed by atoms with Gasteiger partial charge >= 0.3 is 0 Å². The molecule has 7 heteroatoms. The van der Waals surface area contributed by atoms with Gasteiger partial charge in [0.05, 0.1) is 16.9 Å². The number of allylic oxidation sites excluding steroid dienone is 5. The molecule has 1 aliphatic rings. The van der Waals surface area contributed by atoms with E-state index in [0.717, 1.165) is 55.7 Å². The Hall–Kier alpha value is -4.91. The monoisotopic (exact) mass is 544 g/mol. The van der Waals surface area contributed by atoms with Crippen LogP contribution in [0.3, 0.4) is 0 Å². The molecular formula is C34H33FN6. The number of nitrogen functional groups attached to an aromatic ring is 1. The summed E-state index contributed by atoms with van der Waals surface area (Å²) in [4.78, 5) is 8.02. The predicted molar refractivity (Wildman–Crippen MR) is 167 cm³/mol. The Morgan fingerprint density at radius 2 is 1.85 bits per heavy atom. The van der Waals surface area contributed by atoms with Crippen molar-refractivity contribution in [3.63, 3.8) is 0 Å². The average molecular weight is 545 g/mol. The Morgan fingerprint density at radius 3 is 2.61 bits per heavy atom. The van der Waals surface area contributed by atoms with Gasteiger partial charge in [0.25, 0.3) is 0 Å². The smallest absolute Gasteiger partial charge is 0.125 e. The molecular weight excluding hydrogens is 511 g/mol. The number of aromatic amines is 2. The fourth-order valence-electron chi connectivity index (χ4n) is 5.77. The summed E-state index contributed by atoms with van der Waals surface area (Å²) in [6.45, 7) is 10.4. The van der Waals surface area contributed by atoms with E-state index in [9.17, 15) is 4.39 Å². The van der Waals surface area contributed by atoms with E-state index in [0.29, 0.717) is 22.9 Å². The first kappa shape index (κ1) is 26.3. The summed E-state index contributed by atoms with van der Waals surface area (Å²) in [5.74, 6) is 0.120. The van der Waals surface area contributed by atoms with Crippen LogP contribution in [0, 0.1) is 11.7 Å². The van der Waals surface area contributed by atoms with E-state index in [-0.39, 0.29) is 0 Å². The molecule has 1 aliphatic carbocycles. The van der Waals surface area contributed by atoms with Gasteiger partial charge in [0, 0.05) is 45.1 Å². The van der Waals surface area contributed by atoms with Crippen molar-refractivity contribution in [3.05, 3.63) is 109 Å². The van der Waals surface area contributed by atoms with Crippen LogP contribution in [-0.4, -0.2) is 20.2 Å². The number of H-pyrrole nitrogens is 2. The summed E-state index contributed by atoms with van der Waals surface area (Å²) in [5, 5.41) is 13.1. The number of pyridine rings is 1. The Bertz CT molecular complexity index is 1830. The number of hydrogen-bond acceptors (Lipinski definition) is 4. The summed E-state index contributed by atoms with van der Waals surface area (Å²) in [7, 11) is 0. The lowest BCUT2D eigenvalue weighted by Crippen LogP contribution is -2.16. The number of fused-ring (bicyclic) bond motifs is 2. The molecule has 6 nitrogen and oxygen atoms in total. The van der Waals surface area contributed by atoms with Gasteiger partial charge in [-0.05, 0) is 91.4 Å². The molecule has 2 aromatic carbocycles. The van der Waals surface area contributed by atoms with Crippen molar-refractivity contribution < 1.29 is 4.39 Å². The van der Waals surface area contributed by atoms with Gasteiger partial charge in [0.1, 0.15) is 11.5 Å². The van der Waals surface area contributed by atoms with Gasteiger partial charge in [0.15, 0.2) is 0 Å². The minimum Gasteiger partial charge on any atom is -0.399 e. The Labute approximate surface area is 238 Å². The average Bonchev–Trinajstić information content (AvgIpc) is 3.73. The maximum absolute atomic E-state index is 14.1. The van der Waals surface area contributed by atoms with Gasteiger partial charge in [-0.3, -0.25) is 10.1 Å². The summed E-state index contributed by atoms with van der Waals surface area (Å²) in [5.41, 5.74) is 15.1. The highest BCUT2D eigenvalue weighted by molar-refractivity contribution is 6.01. The Balaban J connectivity index is 1.36. The van der Waals surface area contributed by atoms with E-state index in [1.54, 1.807) is 12.3 Å². The van der Waals surface area contributed by atoms with Crippen molar-refractivity contribution >= 4 is 33.1 Å². The highest BCUT2D eigenvalue weighted by Crippen LogP contribution is 2.35. The molecule has 0 radical (unpaired) electrons. The van der Waals surface area contributed by atoms with Crippen molar-refractivity contribution in [2.75, 3.05) is 5.73 Å². The first-order valence-electron chi connectivity index (χ1n) is 13.9. The number of hydrogen-bond donors (Lipinski definition) is 4. The molecule has 0 saturated heterocycles. The Kier molecular flexibility index (Phi) is 7.01. The van der Waals surface area contributed by atoms with E-state index in [1.807, 2.05) is 31.2 Å². The number of nitrogens with one attached hydrogen (secondary N) is 3. The number of nitrogens with zero attached hydrogens (tertiary/aromatic N) is 2. The van der Waals surface area contributed by atoms with Crippen LogP contribution >= 0.6 is 0 Å². The van der Waals surface area contributed by atoms with Crippen LogP contribution in [0.1, 0.15) is 38.2 Å². The van der Waals surface area contributed by atoms with Crippen LogP contribution < -0.4 is 11.1 Å². The number of rotatable bonds is 8. The highest BCUT2D eigenvalue weighted by atomic mass is 19.1. The number of aromatic nitrogens is 4. The summed E-state index contributed by atoms with van der Waals surface area (Å²) >= 11 is 0. The van der Waals surface area contributed by atoms with E-state index in [4.69, 9.17) is 5.73 Å². The van der Waals surface area contributed by atoms with Crippen LogP contribution in [0.25, 0.3) is 50.0 Å². The zero-order chi connectivity index (χ0) is 28.5. The molecule has 206 valence electrons. The first-order valence-corrected chi connectivity index (χ1v) is 13.9. The molecule has 0 unspecified atom stereocenters. The molecule has 5 aromatic rings. The summed E-state index contributed by atoms with van der Waals surface area (Å²) in [6, 6.07) is 14.7. The van der Waals surface area contributed by atoms with E-state index in [2.05, 4.69) is 62.9 Å². The lowest BCUT2D eigenvalue weighted by molar-refractivity contribution is 0.607. The van der Waals surface area contributed by atoms with Crippen molar-refractivity contribution in [1.29, 1.82) is 0 Å². The van der Waals surface area contributed by atoms with Crippen LogP contribution in [0.5, 0.6) is 0 Å². The quantitative estimate of drug-likeness (QED) is 0.117. The van der Waals surface area contributed by atoms with Crippen LogP contribution in [0.15, 0.2) is 97.5 Å². The molecule has 6 rings (SSSR count). The second-order valence-corrected chi connectivity index (χ2v) is 10.6. The predicted octanol–water partition coefficient (Wildman–Crippen LogP) is 8.26. The third-order valence-corrected chi connectivity index (χ3v) is 7.89. The summed E-state index contributed by atoms with van der Waals surface area (Å²) < 4.78 is 14.1. The maximum Gasteiger partial charge on any atom is 0.125 e. The molecule has 1 saturated carbocycles. The number of halogens is 1. The van der Waals surface area contributed by atoms with E-state index in [1.165, 1.54) is 37.8 Å². The third-order valence-electron chi connectivity index (χ3n) is 7.89. The second kappa shape index (κ2) is 10.9. The molecule has 3 aromatic heterocycles. The van der Waals surface area contributed by atoms with Gasteiger partial charge in [-0.2, -0.15) is 5.10 Å². The number of anilines is 1. The fraction of sp³-hybridized carbons (Fsp3) is 0.176. The van der Waals surface area contributed by atoms with Gasteiger partial charge in [-0.1, -0.05) is 38.1 Å². The number of benzene rings is 2. The minimum atomic E-state index is -0.396. The SMILES string of the molecule is C=C/C(=C\C(=C/C)c1ccc2[nH]nc(-c3cc4c(-c5cc(N)cc(F)c5)nccc4[nH]3)c2c1)NC(=C)C1CCCC1. The molecule has 0 spiro atoms. The van der Waals surface area contributed by atoms with Gasteiger partial charge in [-0.25, -0.2) is 4.39 Å². The Morgan fingerprint density at radius 1 is 1.05 bits per heavy atom. The molecule has 41 heavy (non-hydrogen) atoms. The lowest BCUT2D eigenvalue weighted by atomic mass is 10.0. The van der Waals surface area contributed by atoms with Gasteiger partial charge in [0.2, 0.25) is 0 Å².